The predicted molar refractivity (Wildman–Crippen MR) is 137 cm³/mol. The molecule has 0 radical (unpaired) electrons. The van der Waals surface area contributed by atoms with Gasteiger partial charge in [0, 0.05) is 37.5 Å². The van der Waals surface area contributed by atoms with Gasteiger partial charge in [-0.2, -0.15) is 0 Å². The van der Waals surface area contributed by atoms with Crippen molar-refractivity contribution in [2.45, 2.75) is 27.2 Å². The van der Waals surface area contributed by atoms with Crippen LogP contribution in [0.2, 0.25) is 0 Å². The Labute approximate surface area is 206 Å². The fraction of sp³-hybridized carbons (Fsp3) is 0.370. The van der Waals surface area contributed by atoms with Crippen molar-refractivity contribution < 1.29 is 19.1 Å². The van der Waals surface area contributed by atoms with Gasteiger partial charge in [0.2, 0.25) is 17.8 Å². The van der Waals surface area contributed by atoms with Crippen LogP contribution in [0.5, 0.6) is 5.75 Å². The van der Waals surface area contributed by atoms with E-state index in [4.69, 9.17) is 14.5 Å². The Balaban J connectivity index is 1.87. The number of aryl methyl sites for hydroxylation is 1. The minimum atomic E-state index is -0.321. The van der Waals surface area contributed by atoms with Gasteiger partial charge in [0.1, 0.15) is 12.3 Å². The van der Waals surface area contributed by atoms with Gasteiger partial charge in [-0.25, -0.2) is 4.98 Å². The Hall–Kier alpha value is -3.65. The first-order valence-electron chi connectivity index (χ1n) is 11.7. The Morgan fingerprint density at radius 1 is 1.06 bits per heavy atom. The van der Waals surface area contributed by atoms with Gasteiger partial charge in [0.05, 0.1) is 19.4 Å². The number of methoxy groups -OCH3 is 2. The van der Waals surface area contributed by atoms with E-state index >= 15 is 0 Å². The van der Waals surface area contributed by atoms with Crippen molar-refractivity contribution in [3.8, 4) is 22.7 Å². The smallest absolute Gasteiger partial charge is 0.246 e. The van der Waals surface area contributed by atoms with Crippen LogP contribution in [0.1, 0.15) is 25.8 Å². The number of anilines is 1. The zero-order chi connectivity index (χ0) is 25.4. The van der Waals surface area contributed by atoms with Crippen LogP contribution in [0.3, 0.4) is 0 Å². The van der Waals surface area contributed by atoms with Crippen LogP contribution in [-0.4, -0.2) is 60.2 Å². The molecule has 0 aliphatic rings. The molecule has 0 fully saturated rings. The minimum Gasteiger partial charge on any atom is -0.497 e. The number of aromatic nitrogens is 2. The minimum absolute atomic E-state index is 0.0759. The lowest BCUT2D eigenvalue weighted by atomic mass is 10.1. The maximum atomic E-state index is 13.0. The number of carbonyl (C=O) groups is 2. The van der Waals surface area contributed by atoms with E-state index in [0.717, 1.165) is 22.6 Å². The molecule has 2 aromatic carbocycles. The summed E-state index contributed by atoms with van der Waals surface area (Å²) in [7, 11) is 3.20. The van der Waals surface area contributed by atoms with Crippen molar-refractivity contribution in [1.29, 1.82) is 0 Å². The third-order valence-corrected chi connectivity index (χ3v) is 5.49. The second kappa shape index (κ2) is 12.2. The summed E-state index contributed by atoms with van der Waals surface area (Å²) < 4.78 is 12.2. The molecular weight excluding hydrogens is 444 g/mol. The molecule has 1 N–H and O–H groups in total. The van der Waals surface area contributed by atoms with Crippen LogP contribution in [-0.2, 0) is 14.3 Å². The maximum Gasteiger partial charge on any atom is 0.246 e. The molecule has 0 aliphatic carbocycles. The third-order valence-electron chi connectivity index (χ3n) is 5.49. The molecule has 3 rings (SSSR count). The summed E-state index contributed by atoms with van der Waals surface area (Å²) in [5.41, 5.74) is 3.59. The molecule has 0 saturated heterocycles. The lowest BCUT2D eigenvalue weighted by Crippen LogP contribution is -2.40. The van der Waals surface area contributed by atoms with E-state index in [1.54, 1.807) is 14.2 Å². The molecule has 1 heterocycles. The molecule has 0 bridgehead atoms. The number of nitrogens with zero attached hydrogens (tertiary/aromatic N) is 3. The fourth-order valence-electron chi connectivity index (χ4n) is 3.58. The van der Waals surface area contributed by atoms with Gasteiger partial charge in [-0.05, 0) is 49.2 Å². The van der Waals surface area contributed by atoms with Crippen molar-refractivity contribution >= 4 is 17.8 Å². The van der Waals surface area contributed by atoms with Gasteiger partial charge in [-0.15, -0.1) is 0 Å². The highest BCUT2D eigenvalue weighted by atomic mass is 16.5. The largest absolute Gasteiger partial charge is 0.497 e. The lowest BCUT2D eigenvalue weighted by molar-refractivity contribution is -0.136. The van der Waals surface area contributed by atoms with Crippen LogP contribution < -0.4 is 10.1 Å². The van der Waals surface area contributed by atoms with Crippen molar-refractivity contribution in [2.75, 3.05) is 39.2 Å². The van der Waals surface area contributed by atoms with E-state index in [0.29, 0.717) is 31.2 Å². The second-order valence-electron chi connectivity index (χ2n) is 8.84. The molecule has 0 aliphatic heterocycles. The van der Waals surface area contributed by atoms with Gasteiger partial charge < -0.3 is 14.4 Å². The molecule has 35 heavy (non-hydrogen) atoms. The molecule has 1 aromatic heterocycles. The zero-order valence-corrected chi connectivity index (χ0v) is 21.1. The summed E-state index contributed by atoms with van der Waals surface area (Å²) in [6.45, 7) is 6.60. The highest BCUT2D eigenvalue weighted by molar-refractivity contribution is 5.94. The lowest BCUT2D eigenvalue weighted by Gasteiger charge is -2.22. The molecule has 2 amide bonds. The van der Waals surface area contributed by atoms with E-state index in [2.05, 4.69) is 5.32 Å². The Morgan fingerprint density at radius 2 is 1.74 bits per heavy atom. The van der Waals surface area contributed by atoms with E-state index in [1.807, 2.05) is 80.1 Å². The van der Waals surface area contributed by atoms with Crippen LogP contribution in [0.4, 0.5) is 5.95 Å². The number of hydrogen-bond donors (Lipinski definition) is 1. The summed E-state index contributed by atoms with van der Waals surface area (Å²) in [5, 5.41) is 2.90. The number of carbonyl (C=O) groups excluding carboxylic acids is 2. The van der Waals surface area contributed by atoms with Crippen LogP contribution in [0.15, 0.2) is 54.7 Å². The van der Waals surface area contributed by atoms with Crippen molar-refractivity contribution in [1.82, 2.24) is 14.5 Å². The molecule has 8 heteroatoms. The van der Waals surface area contributed by atoms with Gasteiger partial charge in [0.15, 0.2) is 0 Å². The number of nitrogens with one attached hydrogen (secondary N) is 1. The Kier molecular flexibility index (Phi) is 9.03. The molecule has 0 atom stereocenters. The van der Waals surface area contributed by atoms with E-state index in [1.165, 1.54) is 4.90 Å². The number of rotatable bonds is 11. The van der Waals surface area contributed by atoms with Gasteiger partial charge in [-0.3, -0.25) is 19.5 Å². The number of ether oxygens (including phenoxy) is 2. The predicted octanol–water partition coefficient (Wildman–Crippen LogP) is 4.32. The maximum absolute atomic E-state index is 13.0. The summed E-state index contributed by atoms with van der Waals surface area (Å²) in [6.07, 6.45) is 2.26. The Bertz CT molecular complexity index is 1120. The standard InChI is InChI=1S/C27H34N4O4/c1-19(2)16-26(33)30(14-15-34-4)18-25(32)29-27-28-24(21-8-12-23(35-5)13-9-21)17-31(27)22-10-6-20(3)7-11-22/h6-13,17,19H,14-16,18H2,1-5H3,(H,28,29,32). The molecule has 8 nitrogen and oxygen atoms in total. The quantitative estimate of drug-likeness (QED) is 0.444. The highest BCUT2D eigenvalue weighted by Gasteiger charge is 2.20. The van der Waals surface area contributed by atoms with E-state index in [-0.39, 0.29) is 24.3 Å². The zero-order valence-electron chi connectivity index (χ0n) is 21.1. The topological polar surface area (TPSA) is 85.7 Å². The second-order valence-corrected chi connectivity index (χ2v) is 8.84. The number of benzene rings is 2. The molecule has 0 spiro atoms. The summed E-state index contributed by atoms with van der Waals surface area (Å²) >= 11 is 0. The van der Waals surface area contributed by atoms with Crippen LogP contribution in [0, 0.1) is 12.8 Å². The third kappa shape index (κ3) is 7.16. The van der Waals surface area contributed by atoms with Gasteiger partial charge in [-0.1, -0.05) is 31.5 Å². The number of imidazole rings is 1. The van der Waals surface area contributed by atoms with Gasteiger partial charge in [0.25, 0.3) is 0 Å². The summed E-state index contributed by atoms with van der Waals surface area (Å²) in [5.74, 6) is 0.935. The number of amides is 2. The highest BCUT2D eigenvalue weighted by Crippen LogP contribution is 2.26. The van der Waals surface area contributed by atoms with Crippen molar-refractivity contribution in [2.24, 2.45) is 5.92 Å². The summed E-state index contributed by atoms with van der Waals surface area (Å²) in [4.78, 5) is 31.9. The molecular formula is C27H34N4O4. The Morgan fingerprint density at radius 3 is 2.34 bits per heavy atom. The molecule has 0 saturated carbocycles. The normalized spacial score (nSPS) is 10.9. The summed E-state index contributed by atoms with van der Waals surface area (Å²) in [6, 6.07) is 15.5. The first-order valence-corrected chi connectivity index (χ1v) is 11.7. The van der Waals surface area contributed by atoms with Crippen molar-refractivity contribution in [3.63, 3.8) is 0 Å². The molecule has 3 aromatic rings. The average Bonchev–Trinajstić information content (AvgIpc) is 3.25. The van der Waals surface area contributed by atoms with Gasteiger partial charge >= 0.3 is 0 Å². The number of hydrogen-bond acceptors (Lipinski definition) is 5. The first kappa shape index (κ1) is 26.0. The van der Waals surface area contributed by atoms with E-state index in [9.17, 15) is 9.59 Å². The monoisotopic (exact) mass is 478 g/mol. The SMILES string of the molecule is COCCN(CC(=O)Nc1nc(-c2ccc(OC)cc2)cn1-c1ccc(C)cc1)C(=O)CC(C)C. The van der Waals surface area contributed by atoms with E-state index < -0.39 is 0 Å². The van der Waals surface area contributed by atoms with Crippen LogP contribution >= 0.6 is 0 Å². The first-order chi connectivity index (χ1) is 16.8. The van der Waals surface area contributed by atoms with Crippen molar-refractivity contribution in [3.05, 3.63) is 60.3 Å². The van der Waals surface area contributed by atoms with Crippen LogP contribution in [0.25, 0.3) is 16.9 Å². The molecule has 186 valence electrons. The average molecular weight is 479 g/mol. The fourth-order valence-corrected chi connectivity index (χ4v) is 3.58. The molecule has 0 unspecified atom stereocenters.